The van der Waals surface area contributed by atoms with Gasteiger partial charge in [-0.15, -0.1) is 0 Å². The summed E-state index contributed by atoms with van der Waals surface area (Å²) in [4.78, 5) is 0. The summed E-state index contributed by atoms with van der Waals surface area (Å²) in [7, 11) is 0. The van der Waals surface area contributed by atoms with Gasteiger partial charge >= 0.3 is 0 Å². The molecule has 0 fully saturated rings. The molecule has 1 rings (SSSR count). The zero-order valence-corrected chi connectivity index (χ0v) is 7.11. The first-order chi connectivity index (χ1) is 5.29. The molecular weight excluding hydrogens is 158 g/mol. The summed E-state index contributed by atoms with van der Waals surface area (Å²) in [5.74, 6) is 0. The molecule has 0 saturated heterocycles. The van der Waals surface area contributed by atoms with Gasteiger partial charge in [-0.25, -0.2) is 0 Å². The van der Waals surface area contributed by atoms with Crippen LogP contribution in [0.2, 0.25) is 0 Å². The van der Waals surface area contributed by atoms with E-state index in [0.717, 1.165) is 18.5 Å². The summed E-state index contributed by atoms with van der Waals surface area (Å²) in [6, 6.07) is 2.05. The lowest BCUT2D eigenvalue weighted by atomic mass is 10.2. The van der Waals surface area contributed by atoms with Crippen LogP contribution < -0.4 is 5.73 Å². The normalized spacial score (nSPS) is 9.45. The predicted octanol–water partition coefficient (Wildman–Crippen LogP) is 1.55. The highest BCUT2D eigenvalue weighted by molar-refractivity contribution is 7.10. The fourth-order valence-corrected chi connectivity index (χ4v) is 1.51. The fraction of sp³-hybridized carbons (Fsp3) is 0.429. The van der Waals surface area contributed by atoms with Crippen molar-refractivity contribution in [1.29, 1.82) is 5.26 Å². The highest BCUT2D eigenvalue weighted by atomic mass is 32.1. The Kier molecular flexibility index (Phi) is 2.44. The molecule has 2 N–H and O–H groups in total. The third kappa shape index (κ3) is 1.49. The predicted molar refractivity (Wildman–Crippen MR) is 45.2 cm³/mol. The lowest BCUT2D eigenvalue weighted by Gasteiger charge is -1.90. The van der Waals surface area contributed by atoms with Gasteiger partial charge < -0.3 is 5.73 Å². The standard InChI is InChI=1S/C7H9N3S/c1-2-3-6-5(4-8)7(9)11-10-6/h2-3,9H2,1H3. The van der Waals surface area contributed by atoms with Crippen molar-refractivity contribution in [2.75, 3.05) is 5.73 Å². The van der Waals surface area contributed by atoms with E-state index >= 15 is 0 Å². The Hall–Kier alpha value is -1.08. The molecule has 0 aliphatic carbocycles. The van der Waals surface area contributed by atoms with Gasteiger partial charge in [0.2, 0.25) is 0 Å². The zero-order valence-electron chi connectivity index (χ0n) is 6.29. The van der Waals surface area contributed by atoms with Gasteiger partial charge in [-0.2, -0.15) is 9.64 Å². The van der Waals surface area contributed by atoms with Crippen molar-refractivity contribution in [3.05, 3.63) is 11.3 Å². The van der Waals surface area contributed by atoms with Crippen molar-refractivity contribution >= 4 is 16.5 Å². The van der Waals surface area contributed by atoms with Gasteiger partial charge in [0, 0.05) is 0 Å². The molecule has 0 spiro atoms. The van der Waals surface area contributed by atoms with E-state index in [2.05, 4.69) is 17.4 Å². The minimum absolute atomic E-state index is 0.538. The molecule has 0 aliphatic rings. The first-order valence-corrected chi connectivity index (χ1v) is 4.21. The van der Waals surface area contributed by atoms with Gasteiger partial charge in [0.1, 0.15) is 16.6 Å². The monoisotopic (exact) mass is 167 g/mol. The summed E-state index contributed by atoms with van der Waals surface area (Å²) < 4.78 is 4.07. The molecule has 1 aromatic rings. The van der Waals surface area contributed by atoms with Crippen LogP contribution in [-0.4, -0.2) is 4.37 Å². The summed E-state index contributed by atoms with van der Waals surface area (Å²) in [5.41, 5.74) is 6.93. The molecule has 0 bridgehead atoms. The number of aromatic nitrogens is 1. The third-order valence-electron chi connectivity index (χ3n) is 1.39. The molecule has 0 atom stereocenters. The van der Waals surface area contributed by atoms with Crippen molar-refractivity contribution in [3.63, 3.8) is 0 Å². The molecule has 0 saturated carbocycles. The first-order valence-electron chi connectivity index (χ1n) is 3.43. The van der Waals surface area contributed by atoms with Gasteiger partial charge in [0.25, 0.3) is 0 Å². The van der Waals surface area contributed by atoms with E-state index < -0.39 is 0 Å². The number of aryl methyl sites for hydroxylation is 1. The average molecular weight is 167 g/mol. The number of hydrogen-bond acceptors (Lipinski definition) is 4. The second kappa shape index (κ2) is 3.35. The van der Waals surface area contributed by atoms with Gasteiger partial charge in [0.15, 0.2) is 0 Å². The van der Waals surface area contributed by atoms with Crippen LogP contribution in [0.15, 0.2) is 0 Å². The van der Waals surface area contributed by atoms with Crippen LogP contribution in [0.3, 0.4) is 0 Å². The van der Waals surface area contributed by atoms with Crippen LogP contribution in [0, 0.1) is 11.3 Å². The molecule has 1 heterocycles. The minimum atomic E-state index is 0.538. The van der Waals surface area contributed by atoms with E-state index in [-0.39, 0.29) is 0 Å². The second-order valence-electron chi connectivity index (χ2n) is 2.23. The third-order valence-corrected chi connectivity index (χ3v) is 2.10. The largest absolute Gasteiger partial charge is 0.388 e. The van der Waals surface area contributed by atoms with Crippen LogP contribution in [0.25, 0.3) is 0 Å². The number of hydrogen-bond donors (Lipinski definition) is 1. The summed E-state index contributed by atoms with van der Waals surface area (Å²) in [5, 5.41) is 9.19. The van der Waals surface area contributed by atoms with Crippen molar-refractivity contribution < 1.29 is 0 Å². The SMILES string of the molecule is CCCc1nsc(N)c1C#N. The van der Waals surface area contributed by atoms with E-state index in [1.54, 1.807) is 0 Å². The Morgan fingerprint density at radius 2 is 2.45 bits per heavy atom. The summed E-state index contributed by atoms with van der Waals surface area (Å²) in [6.07, 6.45) is 1.84. The van der Waals surface area contributed by atoms with E-state index in [4.69, 9.17) is 11.0 Å². The van der Waals surface area contributed by atoms with Crippen LogP contribution in [0.1, 0.15) is 24.6 Å². The molecule has 4 heteroatoms. The Bertz CT molecular complexity index is 284. The molecule has 58 valence electrons. The summed E-state index contributed by atoms with van der Waals surface area (Å²) >= 11 is 1.20. The Labute approximate surface area is 69.6 Å². The molecule has 0 unspecified atom stereocenters. The topological polar surface area (TPSA) is 62.7 Å². The van der Waals surface area contributed by atoms with Gasteiger partial charge in [-0.05, 0) is 18.0 Å². The van der Waals surface area contributed by atoms with Gasteiger partial charge in [-0.3, -0.25) is 0 Å². The zero-order chi connectivity index (χ0) is 8.27. The average Bonchev–Trinajstić information content (AvgIpc) is 2.33. The highest BCUT2D eigenvalue weighted by Crippen LogP contribution is 2.20. The van der Waals surface area contributed by atoms with Crippen molar-refractivity contribution in [2.45, 2.75) is 19.8 Å². The number of anilines is 1. The number of nitrogens with zero attached hydrogens (tertiary/aromatic N) is 2. The molecular formula is C7H9N3S. The maximum atomic E-state index is 8.65. The van der Waals surface area contributed by atoms with E-state index in [1.165, 1.54) is 11.5 Å². The maximum absolute atomic E-state index is 8.65. The number of nitrogen functional groups attached to an aromatic ring is 1. The van der Waals surface area contributed by atoms with E-state index in [1.807, 2.05) is 0 Å². The fourth-order valence-electron chi connectivity index (χ4n) is 0.865. The molecule has 0 aromatic carbocycles. The van der Waals surface area contributed by atoms with Crippen LogP contribution in [0.4, 0.5) is 5.00 Å². The number of nitriles is 1. The maximum Gasteiger partial charge on any atom is 0.125 e. The number of rotatable bonds is 2. The van der Waals surface area contributed by atoms with Gasteiger partial charge in [0.05, 0.1) is 5.69 Å². The van der Waals surface area contributed by atoms with E-state index in [9.17, 15) is 0 Å². The number of nitrogens with two attached hydrogens (primary N) is 1. The summed E-state index contributed by atoms with van der Waals surface area (Å²) in [6.45, 7) is 2.05. The molecule has 0 radical (unpaired) electrons. The Morgan fingerprint density at radius 1 is 1.73 bits per heavy atom. The van der Waals surface area contributed by atoms with Crippen LogP contribution in [0.5, 0.6) is 0 Å². The minimum Gasteiger partial charge on any atom is -0.388 e. The van der Waals surface area contributed by atoms with E-state index in [0.29, 0.717) is 10.6 Å². The van der Waals surface area contributed by atoms with Crippen molar-refractivity contribution in [1.82, 2.24) is 4.37 Å². The lowest BCUT2D eigenvalue weighted by Crippen LogP contribution is -1.89. The molecule has 11 heavy (non-hydrogen) atoms. The molecule has 3 nitrogen and oxygen atoms in total. The first kappa shape index (κ1) is 8.02. The molecule has 1 aromatic heterocycles. The molecule has 0 amide bonds. The van der Waals surface area contributed by atoms with Crippen LogP contribution in [-0.2, 0) is 6.42 Å². The van der Waals surface area contributed by atoms with Crippen molar-refractivity contribution in [3.8, 4) is 6.07 Å². The van der Waals surface area contributed by atoms with Crippen LogP contribution >= 0.6 is 11.5 Å². The van der Waals surface area contributed by atoms with Gasteiger partial charge in [-0.1, -0.05) is 13.3 Å². The lowest BCUT2D eigenvalue weighted by molar-refractivity contribution is 0.897. The second-order valence-corrected chi connectivity index (χ2v) is 3.04. The quantitative estimate of drug-likeness (QED) is 0.726. The Morgan fingerprint density at radius 3 is 3.00 bits per heavy atom. The van der Waals surface area contributed by atoms with Crippen molar-refractivity contribution in [2.24, 2.45) is 0 Å². The molecule has 0 aliphatic heterocycles. The smallest absolute Gasteiger partial charge is 0.125 e. The Balaban J connectivity index is 2.98. The highest BCUT2D eigenvalue weighted by Gasteiger charge is 2.08.